The summed E-state index contributed by atoms with van der Waals surface area (Å²) < 4.78 is 2.13. The summed E-state index contributed by atoms with van der Waals surface area (Å²) in [5.74, 6) is 1.48. The Hall–Kier alpha value is -2.47. The van der Waals surface area contributed by atoms with Gasteiger partial charge in [-0.3, -0.25) is 9.78 Å². The maximum absolute atomic E-state index is 11.7. The molecule has 37 heavy (non-hydrogen) atoms. The Morgan fingerprint density at radius 2 is 1.76 bits per heavy atom. The molecule has 0 unspecified atom stereocenters. The van der Waals surface area contributed by atoms with Gasteiger partial charge in [0.25, 0.3) is 0 Å². The zero-order valence-electron chi connectivity index (χ0n) is 22.0. The van der Waals surface area contributed by atoms with Gasteiger partial charge in [0.05, 0.1) is 22.3 Å². The molecule has 0 spiro atoms. The molecular weight excluding hydrogens is 659 g/mol. The molecular formula is C30H34IrN3O2S-. The van der Waals surface area contributed by atoms with Crippen molar-refractivity contribution in [2.45, 2.75) is 70.2 Å². The molecule has 0 aliphatic carbocycles. The summed E-state index contributed by atoms with van der Waals surface area (Å²) in [5, 5.41) is 13.2. The number of imidazole rings is 1. The number of hydrogen-bond donors (Lipinski definition) is 1. The summed E-state index contributed by atoms with van der Waals surface area (Å²) >= 11 is 1.75. The Bertz CT molecular complexity index is 1420. The van der Waals surface area contributed by atoms with E-state index < -0.39 is 0 Å². The number of aliphatic hydroxyl groups is 1. The molecule has 0 amide bonds. The van der Waals surface area contributed by atoms with Gasteiger partial charge < -0.3 is 9.51 Å². The van der Waals surface area contributed by atoms with Crippen molar-refractivity contribution in [3.8, 4) is 11.4 Å². The fraction of sp³-hybridized carbons (Fsp3) is 0.367. The van der Waals surface area contributed by atoms with Crippen LogP contribution in [-0.4, -0.2) is 25.3 Å². The number of allylic oxidation sites excluding steroid dienone is 2. The molecule has 0 atom stereocenters. The molecule has 1 aliphatic heterocycles. The number of aliphatic hydroxyl groups excluding tert-OH is 1. The van der Waals surface area contributed by atoms with E-state index in [9.17, 15) is 9.90 Å². The van der Waals surface area contributed by atoms with E-state index in [0.29, 0.717) is 0 Å². The van der Waals surface area contributed by atoms with Crippen molar-refractivity contribution in [1.82, 2.24) is 14.4 Å². The summed E-state index contributed by atoms with van der Waals surface area (Å²) in [5.41, 5.74) is 3.06. The summed E-state index contributed by atoms with van der Waals surface area (Å²) in [6.45, 7) is 10.1. The van der Waals surface area contributed by atoms with Gasteiger partial charge in [-0.05, 0) is 43.6 Å². The maximum atomic E-state index is 11.7. The van der Waals surface area contributed by atoms with Crippen LogP contribution >= 0.6 is 11.8 Å². The van der Waals surface area contributed by atoms with E-state index in [1.165, 1.54) is 16.4 Å². The Balaban J connectivity index is 0.000000214. The third-order valence-electron chi connectivity index (χ3n) is 6.92. The monoisotopic (exact) mass is 693 g/mol. The Labute approximate surface area is 237 Å². The number of ketones is 1. The Morgan fingerprint density at radius 3 is 2.43 bits per heavy atom. The maximum Gasteiger partial charge on any atom is 0.162 e. The van der Waals surface area contributed by atoms with Gasteiger partial charge in [-0.15, -0.1) is 35.3 Å². The second kappa shape index (κ2) is 12.9. The predicted octanol–water partition coefficient (Wildman–Crippen LogP) is 7.99. The number of fused-ring (bicyclic) bond motifs is 3. The van der Waals surface area contributed by atoms with Crippen LogP contribution in [0.4, 0.5) is 0 Å². The third kappa shape index (κ3) is 6.00. The molecule has 1 radical (unpaired) electrons. The molecule has 3 heterocycles. The van der Waals surface area contributed by atoms with Gasteiger partial charge in [0.1, 0.15) is 5.65 Å². The van der Waals surface area contributed by atoms with Gasteiger partial charge in [-0.1, -0.05) is 56.8 Å². The number of aryl methyl sites for hydroxylation is 1. The summed E-state index contributed by atoms with van der Waals surface area (Å²) in [4.78, 5) is 22.1. The van der Waals surface area contributed by atoms with Crippen LogP contribution < -0.4 is 0 Å². The van der Waals surface area contributed by atoms with Gasteiger partial charge in [-0.25, -0.2) is 4.98 Å². The van der Waals surface area contributed by atoms with Gasteiger partial charge in [0, 0.05) is 44.2 Å². The van der Waals surface area contributed by atoms with Crippen molar-refractivity contribution in [2.24, 2.45) is 11.8 Å². The van der Waals surface area contributed by atoms with Crippen LogP contribution in [0.5, 0.6) is 0 Å². The molecule has 5 nitrogen and oxygen atoms in total. The predicted molar refractivity (Wildman–Crippen MR) is 147 cm³/mol. The normalized spacial score (nSPS) is 12.4. The van der Waals surface area contributed by atoms with Crippen LogP contribution in [0.25, 0.3) is 27.8 Å². The summed E-state index contributed by atoms with van der Waals surface area (Å²) in [6, 6.07) is 16.0. The average molecular weight is 693 g/mol. The van der Waals surface area contributed by atoms with Gasteiger partial charge in [0.15, 0.2) is 5.78 Å². The fourth-order valence-electron chi connectivity index (χ4n) is 4.66. The van der Waals surface area contributed by atoms with E-state index in [1.54, 1.807) is 11.8 Å². The van der Waals surface area contributed by atoms with Crippen LogP contribution in [0.15, 0.2) is 64.4 Å². The van der Waals surface area contributed by atoms with E-state index >= 15 is 0 Å². The molecule has 197 valence electrons. The van der Waals surface area contributed by atoms with E-state index in [4.69, 9.17) is 0 Å². The van der Waals surface area contributed by atoms with Crippen molar-refractivity contribution in [3.05, 3.63) is 66.2 Å². The first-order valence-electron chi connectivity index (χ1n) is 12.8. The number of rotatable bonds is 7. The summed E-state index contributed by atoms with van der Waals surface area (Å²) in [6.07, 6.45) is 6.73. The number of aromatic nitrogens is 3. The standard InChI is InChI=1S/C17H10N3S.C13H24O2.Ir/c1-10-17-20-15(19-10)6-7-18-16(20)13-8-11-4-2-3-5-12(11)9-14(13)21-17;1-5-10(6-2)12(14)9-13(15)11(7-3)8-4;/h2-7,9H,1H3;9-11,14H,5-8H2,1-4H3;/q-1;;/b;12-9-;. The molecule has 7 heteroatoms. The second-order valence-electron chi connectivity index (χ2n) is 9.16. The van der Waals surface area contributed by atoms with Crippen molar-refractivity contribution >= 4 is 34.0 Å². The number of carbonyl (C=O) groups excluding carboxylic acids is 1. The number of nitrogens with zero attached hydrogens (tertiary/aromatic N) is 3. The minimum Gasteiger partial charge on any atom is -0.512 e. The topological polar surface area (TPSA) is 67.5 Å². The minimum atomic E-state index is 0. The third-order valence-corrected chi connectivity index (χ3v) is 8.14. The Morgan fingerprint density at radius 1 is 1.08 bits per heavy atom. The molecule has 2 aromatic heterocycles. The van der Waals surface area contributed by atoms with Gasteiger partial charge >= 0.3 is 0 Å². The van der Waals surface area contributed by atoms with Crippen molar-refractivity contribution in [2.75, 3.05) is 0 Å². The molecule has 4 aromatic rings. The molecule has 1 aliphatic rings. The van der Waals surface area contributed by atoms with Gasteiger partial charge in [-0.2, -0.15) is 0 Å². The first kappa shape index (κ1) is 29.1. The van der Waals surface area contributed by atoms with Crippen molar-refractivity contribution < 1.29 is 30.0 Å². The molecule has 2 aromatic carbocycles. The first-order chi connectivity index (χ1) is 17.4. The van der Waals surface area contributed by atoms with Crippen molar-refractivity contribution in [1.29, 1.82) is 0 Å². The molecule has 1 N–H and O–H groups in total. The molecule has 0 saturated carbocycles. The fourth-order valence-corrected chi connectivity index (χ4v) is 5.76. The SMILES string of the molecule is CCC(CC)C(=O)/C=C(\O)C(CC)CC.Cc1nc2ccnc3n2c1Sc1cc2ccccc2[c-]c1-3.[Ir]. The number of hydrogen-bond acceptors (Lipinski definition) is 5. The zero-order valence-corrected chi connectivity index (χ0v) is 25.3. The largest absolute Gasteiger partial charge is 0.512 e. The zero-order chi connectivity index (χ0) is 25.8. The Kier molecular flexibility index (Phi) is 10.1. The second-order valence-corrected chi connectivity index (χ2v) is 10.2. The van der Waals surface area contributed by atoms with Gasteiger partial charge in [0.2, 0.25) is 0 Å². The average Bonchev–Trinajstić information content (AvgIpc) is 3.21. The summed E-state index contributed by atoms with van der Waals surface area (Å²) in [7, 11) is 0. The van der Waals surface area contributed by atoms with Crippen LogP contribution in [0.3, 0.4) is 0 Å². The van der Waals surface area contributed by atoms with Crippen LogP contribution in [0.2, 0.25) is 0 Å². The smallest absolute Gasteiger partial charge is 0.162 e. The number of benzene rings is 2. The quantitative estimate of drug-likeness (QED) is 0.106. The molecule has 0 saturated heterocycles. The van der Waals surface area contributed by atoms with Crippen LogP contribution in [-0.2, 0) is 24.9 Å². The minimum absolute atomic E-state index is 0. The van der Waals surface area contributed by atoms with E-state index in [-0.39, 0.29) is 43.5 Å². The molecule has 0 bridgehead atoms. The van der Waals surface area contributed by atoms with E-state index in [2.05, 4.69) is 51.6 Å². The number of carbonyl (C=O) groups is 1. The molecule has 0 fully saturated rings. The first-order valence-corrected chi connectivity index (χ1v) is 13.6. The van der Waals surface area contributed by atoms with Crippen molar-refractivity contribution in [3.63, 3.8) is 0 Å². The van der Waals surface area contributed by atoms with Crippen LogP contribution in [0.1, 0.15) is 59.1 Å². The molecule has 5 rings (SSSR count). The van der Waals surface area contributed by atoms with E-state index in [1.807, 2.05) is 46.0 Å². The van der Waals surface area contributed by atoms with E-state index in [0.717, 1.165) is 58.8 Å². The van der Waals surface area contributed by atoms with Crippen LogP contribution in [0, 0.1) is 24.8 Å².